The van der Waals surface area contributed by atoms with Crippen LogP contribution in [0.15, 0.2) is 36.4 Å². The Kier molecular flexibility index (Phi) is 8.25. The molecule has 2 aromatic rings. The van der Waals surface area contributed by atoms with Gasteiger partial charge in [-0.1, -0.05) is 59.3 Å². The minimum atomic E-state index is -0.248. The molecule has 1 amide bonds. The average Bonchev–Trinajstić information content (AvgIpc) is 3.00. The van der Waals surface area contributed by atoms with Crippen LogP contribution in [0.5, 0.6) is 11.5 Å². The fourth-order valence-corrected chi connectivity index (χ4v) is 4.88. The number of hydrogen-bond donors (Lipinski definition) is 0. The van der Waals surface area contributed by atoms with Crippen LogP contribution in [0.3, 0.4) is 0 Å². The van der Waals surface area contributed by atoms with Gasteiger partial charge in [0.15, 0.2) is 11.5 Å². The van der Waals surface area contributed by atoms with Crippen LogP contribution >= 0.6 is 47.2 Å². The van der Waals surface area contributed by atoms with Gasteiger partial charge in [-0.3, -0.25) is 9.69 Å². The third-order valence-corrected chi connectivity index (χ3v) is 6.87. The van der Waals surface area contributed by atoms with E-state index in [0.717, 1.165) is 11.1 Å². The maximum atomic E-state index is 12.6. The summed E-state index contributed by atoms with van der Waals surface area (Å²) in [5, 5.41) is 0.736. The number of halogens is 2. The van der Waals surface area contributed by atoms with E-state index >= 15 is 0 Å². The lowest BCUT2D eigenvalue weighted by Crippen LogP contribution is -2.34. The summed E-state index contributed by atoms with van der Waals surface area (Å²) in [6, 6.07) is 11.0. The number of carbonyl (C=O) groups is 1. The van der Waals surface area contributed by atoms with Gasteiger partial charge in [-0.05, 0) is 41.8 Å². The summed E-state index contributed by atoms with van der Waals surface area (Å²) >= 11 is 18.8. The number of nitrogens with zero attached hydrogens (tertiary/aromatic N) is 1. The molecule has 1 heterocycles. The normalized spacial score (nSPS) is 16.3. The molecule has 2 aromatic carbocycles. The van der Waals surface area contributed by atoms with Crippen molar-refractivity contribution in [3.05, 3.63) is 57.6 Å². The van der Waals surface area contributed by atoms with Gasteiger partial charge in [-0.15, -0.1) is 0 Å². The van der Waals surface area contributed by atoms with Crippen LogP contribution in [0.25, 0.3) is 0 Å². The highest BCUT2D eigenvalue weighted by Crippen LogP contribution is 2.34. The topological polar surface area (TPSA) is 48.0 Å². The molecule has 0 spiro atoms. The van der Waals surface area contributed by atoms with Gasteiger partial charge < -0.3 is 14.2 Å². The second-order valence-corrected chi connectivity index (χ2v) is 9.23. The highest BCUT2D eigenvalue weighted by Gasteiger charge is 2.36. The number of ether oxygens (including phenoxy) is 3. The average molecular weight is 486 g/mol. The van der Waals surface area contributed by atoms with Crippen molar-refractivity contribution in [1.82, 2.24) is 4.90 Å². The molecule has 0 aliphatic carbocycles. The maximum absolute atomic E-state index is 12.6. The van der Waals surface area contributed by atoms with Gasteiger partial charge in [0.05, 0.1) is 35.6 Å². The van der Waals surface area contributed by atoms with Crippen molar-refractivity contribution >= 4 is 57.4 Å². The lowest BCUT2D eigenvalue weighted by molar-refractivity contribution is -0.126. The van der Waals surface area contributed by atoms with Crippen LogP contribution in [0.1, 0.15) is 11.1 Å². The Balaban J connectivity index is 1.66. The summed E-state index contributed by atoms with van der Waals surface area (Å²) in [6.45, 7) is 1.26. The van der Waals surface area contributed by atoms with Gasteiger partial charge in [0, 0.05) is 7.11 Å². The first kappa shape index (κ1) is 23.2. The SMILES string of the molecule is COCCN1C(=O)[C@H](Cc2ccc(OCc3ccc(Cl)c(Cl)c3)c(OC)c2)SC1=S. The Morgan fingerprint density at radius 1 is 1.07 bits per heavy atom. The number of carbonyl (C=O) groups excluding carboxylic acids is 1. The summed E-state index contributed by atoms with van der Waals surface area (Å²) in [5.41, 5.74) is 1.86. The molecule has 1 aliphatic rings. The van der Waals surface area contributed by atoms with Crippen LogP contribution in [-0.4, -0.2) is 47.7 Å². The van der Waals surface area contributed by atoms with Crippen LogP contribution in [0, 0.1) is 0 Å². The van der Waals surface area contributed by atoms with Crippen molar-refractivity contribution in [3.63, 3.8) is 0 Å². The Morgan fingerprint density at radius 3 is 2.53 bits per heavy atom. The molecule has 5 nitrogen and oxygen atoms in total. The van der Waals surface area contributed by atoms with Gasteiger partial charge >= 0.3 is 0 Å². The molecule has 30 heavy (non-hydrogen) atoms. The minimum Gasteiger partial charge on any atom is -0.493 e. The number of amides is 1. The van der Waals surface area contributed by atoms with Gasteiger partial charge in [0.2, 0.25) is 5.91 Å². The second-order valence-electron chi connectivity index (χ2n) is 6.58. The predicted molar refractivity (Wildman–Crippen MR) is 125 cm³/mol. The van der Waals surface area contributed by atoms with E-state index < -0.39 is 0 Å². The van der Waals surface area contributed by atoms with Crippen LogP contribution < -0.4 is 9.47 Å². The van der Waals surface area contributed by atoms with Crippen molar-refractivity contribution in [2.24, 2.45) is 0 Å². The third kappa shape index (κ3) is 5.59. The maximum Gasteiger partial charge on any atom is 0.242 e. The first-order valence-corrected chi connectivity index (χ1v) is 11.2. The highest BCUT2D eigenvalue weighted by molar-refractivity contribution is 8.24. The Bertz CT molecular complexity index is 941. The number of benzene rings is 2. The Morgan fingerprint density at radius 2 is 1.83 bits per heavy atom. The fourth-order valence-electron chi connectivity index (χ4n) is 2.98. The van der Waals surface area contributed by atoms with Gasteiger partial charge in [-0.25, -0.2) is 0 Å². The van der Waals surface area contributed by atoms with Crippen LogP contribution in [0.4, 0.5) is 0 Å². The molecule has 0 bridgehead atoms. The van der Waals surface area contributed by atoms with Crippen molar-refractivity contribution < 1.29 is 19.0 Å². The molecular weight excluding hydrogens is 465 g/mol. The standard InChI is InChI=1S/C21H21Cl2NO4S2/c1-26-8-7-24-20(25)19(30-21(24)29)11-13-4-6-17(18(10-13)27-2)28-12-14-3-5-15(22)16(23)9-14/h3-6,9-10,19H,7-8,11-12H2,1-2H3/t19-/m0/s1. The van der Waals surface area contributed by atoms with Crippen molar-refractivity contribution in [1.29, 1.82) is 0 Å². The number of rotatable bonds is 9. The zero-order valence-electron chi connectivity index (χ0n) is 16.5. The van der Waals surface area contributed by atoms with Gasteiger partial charge in [0.1, 0.15) is 10.9 Å². The van der Waals surface area contributed by atoms with E-state index in [1.807, 2.05) is 24.3 Å². The molecule has 1 aliphatic heterocycles. The second kappa shape index (κ2) is 10.7. The van der Waals surface area contributed by atoms with E-state index in [-0.39, 0.29) is 11.2 Å². The number of hydrogen-bond acceptors (Lipinski definition) is 6. The largest absolute Gasteiger partial charge is 0.493 e. The van der Waals surface area contributed by atoms with Crippen molar-refractivity contribution in [3.8, 4) is 11.5 Å². The first-order valence-electron chi connectivity index (χ1n) is 9.17. The third-order valence-electron chi connectivity index (χ3n) is 4.55. The smallest absolute Gasteiger partial charge is 0.242 e. The summed E-state index contributed by atoms with van der Waals surface area (Å²) in [7, 11) is 3.19. The summed E-state index contributed by atoms with van der Waals surface area (Å²) in [6.07, 6.45) is 0.552. The van der Waals surface area contributed by atoms with E-state index in [1.165, 1.54) is 11.8 Å². The highest BCUT2D eigenvalue weighted by atomic mass is 35.5. The van der Waals surface area contributed by atoms with E-state index in [9.17, 15) is 4.79 Å². The lowest BCUT2D eigenvalue weighted by Gasteiger charge is -2.15. The molecule has 9 heteroatoms. The van der Waals surface area contributed by atoms with E-state index in [1.54, 1.807) is 31.3 Å². The summed E-state index contributed by atoms with van der Waals surface area (Å²) < 4.78 is 17.0. The summed E-state index contributed by atoms with van der Waals surface area (Å²) in [5.74, 6) is 1.22. The molecule has 0 N–H and O–H groups in total. The Labute approximate surface area is 195 Å². The van der Waals surface area contributed by atoms with Crippen molar-refractivity contribution in [2.75, 3.05) is 27.4 Å². The van der Waals surface area contributed by atoms with Crippen LogP contribution in [-0.2, 0) is 22.6 Å². The molecule has 0 saturated carbocycles. The number of methoxy groups -OCH3 is 2. The predicted octanol–water partition coefficient (Wildman–Crippen LogP) is 5.00. The molecule has 0 unspecified atom stereocenters. The number of thioether (sulfide) groups is 1. The van der Waals surface area contributed by atoms with Gasteiger partial charge in [-0.2, -0.15) is 0 Å². The number of thiocarbonyl (C=S) groups is 1. The molecule has 1 fully saturated rings. The van der Waals surface area contributed by atoms with Gasteiger partial charge in [0.25, 0.3) is 0 Å². The first-order chi connectivity index (χ1) is 14.4. The molecule has 1 saturated heterocycles. The van der Waals surface area contributed by atoms with E-state index in [2.05, 4.69) is 0 Å². The molecular formula is C21H21Cl2NO4S2. The molecule has 3 rings (SSSR count). The zero-order valence-corrected chi connectivity index (χ0v) is 19.7. The monoisotopic (exact) mass is 485 g/mol. The minimum absolute atomic E-state index is 0.0148. The van der Waals surface area contributed by atoms with Crippen molar-refractivity contribution in [2.45, 2.75) is 18.3 Å². The Hall–Kier alpha value is -1.51. The van der Waals surface area contributed by atoms with E-state index in [0.29, 0.717) is 52.0 Å². The molecule has 160 valence electrons. The zero-order chi connectivity index (χ0) is 21.7. The van der Waals surface area contributed by atoms with E-state index in [4.69, 9.17) is 49.6 Å². The molecule has 0 radical (unpaired) electrons. The fraction of sp³-hybridized carbons (Fsp3) is 0.333. The summed E-state index contributed by atoms with van der Waals surface area (Å²) in [4.78, 5) is 14.3. The van der Waals surface area contributed by atoms with Crippen LogP contribution in [0.2, 0.25) is 10.0 Å². The molecule has 1 atom stereocenters. The quantitative estimate of drug-likeness (QED) is 0.465. The molecule has 0 aromatic heterocycles. The lowest BCUT2D eigenvalue weighted by atomic mass is 10.1.